The van der Waals surface area contributed by atoms with Gasteiger partial charge in [0.1, 0.15) is 0 Å². The van der Waals surface area contributed by atoms with E-state index in [1.165, 1.54) is 19.2 Å². The van der Waals surface area contributed by atoms with Crippen molar-refractivity contribution in [2.24, 2.45) is 5.84 Å². The van der Waals surface area contributed by atoms with Crippen LogP contribution < -0.4 is 11.3 Å². The zero-order chi connectivity index (χ0) is 15.3. The molecule has 0 saturated heterocycles. The largest absolute Gasteiger partial charge is 0.324 e. The third-order valence-corrected chi connectivity index (χ3v) is 4.74. The van der Waals surface area contributed by atoms with E-state index in [2.05, 4.69) is 5.43 Å². The minimum absolute atomic E-state index is 0.270. The second-order valence-electron chi connectivity index (χ2n) is 4.26. The Morgan fingerprint density at radius 2 is 2.10 bits per heavy atom. The van der Waals surface area contributed by atoms with Crippen LogP contribution >= 0.6 is 0 Å². The smallest absolute Gasteiger partial charge is 0.291 e. The van der Waals surface area contributed by atoms with Crippen molar-refractivity contribution in [2.75, 3.05) is 19.0 Å². The highest BCUT2D eigenvalue weighted by Gasteiger charge is 2.29. The number of nitrogens with one attached hydrogen (secondary N) is 1. The third-order valence-electron chi connectivity index (χ3n) is 2.84. The Labute approximate surface area is 117 Å². The van der Waals surface area contributed by atoms with Gasteiger partial charge >= 0.3 is 0 Å². The number of hydrazine groups is 1. The van der Waals surface area contributed by atoms with Gasteiger partial charge in [-0.05, 0) is 18.6 Å². The number of nitrogen functional groups attached to an aromatic ring is 1. The maximum absolute atomic E-state index is 12.3. The highest BCUT2D eigenvalue weighted by atomic mass is 32.2. The lowest BCUT2D eigenvalue weighted by Crippen LogP contribution is -2.28. The van der Waals surface area contributed by atoms with Crippen molar-refractivity contribution >= 4 is 21.4 Å². The van der Waals surface area contributed by atoms with Gasteiger partial charge in [-0.2, -0.15) is 0 Å². The molecule has 1 aromatic rings. The fraction of sp³-hybridized carbons (Fsp3) is 0.455. The van der Waals surface area contributed by atoms with Gasteiger partial charge in [0.15, 0.2) is 4.90 Å². The van der Waals surface area contributed by atoms with E-state index in [9.17, 15) is 18.5 Å². The van der Waals surface area contributed by atoms with E-state index in [-0.39, 0.29) is 10.6 Å². The van der Waals surface area contributed by atoms with Gasteiger partial charge in [-0.15, -0.1) is 0 Å². The fourth-order valence-corrected chi connectivity index (χ4v) is 2.98. The number of nitrogens with two attached hydrogens (primary N) is 1. The number of rotatable bonds is 7. The van der Waals surface area contributed by atoms with Gasteiger partial charge in [0.05, 0.1) is 10.6 Å². The van der Waals surface area contributed by atoms with Gasteiger partial charge < -0.3 is 5.43 Å². The summed E-state index contributed by atoms with van der Waals surface area (Å²) in [7, 11) is -2.48. The molecule has 0 aromatic heterocycles. The molecular weight excluding hydrogens is 284 g/mol. The van der Waals surface area contributed by atoms with E-state index in [1.54, 1.807) is 0 Å². The van der Waals surface area contributed by atoms with E-state index in [1.807, 2.05) is 6.92 Å². The van der Waals surface area contributed by atoms with Crippen LogP contribution in [0.3, 0.4) is 0 Å². The van der Waals surface area contributed by atoms with Crippen molar-refractivity contribution in [3.63, 3.8) is 0 Å². The standard InChI is InChI=1S/C11H18N4O4S/c1-3-4-7-14(2)20(18,19)11-6-5-9(13-12)8-10(11)15(16)17/h5-6,8,13H,3-4,7,12H2,1-2H3. The topological polar surface area (TPSA) is 119 Å². The lowest BCUT2D eigenvalue weighted by molar-refractivity contribution is -0.387. The first kappa shape index (κ1) is 16.3. The van der Waals surface area contributed by atoms with Crippen LogP contribution in [-0.2, 0) is 10.0 Å². The molecule has 0 saturated carbocycles. The van der Waals surface area contributed by atoms with Crippen LogP contribution in [0.25, 0.3) is 0 Å². The number of nitro benzene ring substituents is 1. The summed E-state index contributed by atoms with van der Waals surface area (Å²) in [5.74, 6) is 5.17. The predicted molar refractivity (Wildman–Crippen MR) is 75.6 cm³/mol. The van der Waals surface area contributed by atoms with Gasteiger partial charge in [0.25, 0.3) is 5.69 Å². The Balaban J connectivity index is 3.27. The van der Waals surface area contributed by atoms with Gasteiger partial charge in [-0.25, -0.2) is 12.7 Å². The van der Waals surface area contributed by atoms with Crippen LogP contribution in [0.15, 0.2) is 23.1 Å². The summed E-state index contributed by atoms with van der Waals surface area (Å²) in [4.78, 5) is 9.96. The first-order valence-electron chi connectivity index (χ1n) is 6.06. The molecule has 0 spiro atoms. The quantitative estimate of drug-likeness (QED) is 0.445. The first-order valence-corrected chi connectivity index (χ1v) is 7.50. The molecular formula is C11H18N4O4S. The molecule has 0 heterocycles. The normalized spacial score (nSPS) is 11.6. The maximum Gasteiger partial charge on any atom is 0.291 e. The number of nitro groups is 1. The molecule has 0 atom stereocenters. The number of nitrogens with zero attached hydrogens (tertiary/aromatic N) is 2. The molecule has 3 N–H and O–H groups in total. The summed E-state index contributed by atoms with van der Waals surface area (Å²) in [6.07, 6.45) is 1.52. The Hall–Kier alpha value is -1.71. The Bertz CT molecular complexity index is 588. The van der Waals surface area contributed by atoms with Gasteiger partial charge in [-0.1, -0.05) is 13.3 Å². The van der Waals surface area contributed by atoms with Crippen LogP contribution in [0.2, 0.25) is 0 Å². The SMILES string of the molecule is CCCCN(C)S(=O)(=O)c1ccc(NN)cc1[N+](=O)[O-]. The minimum Gasteiger partial charge on any atom is -0.324 e. The van der Waals surface area contributed by atoms with Crippen molar-refractivity contribution in [1.82, 2.24) is 4.31 Å². The molecule has 0 aliphatic rings. The van der Waals surface area contributed by atoms with Crippen LogP contribution in [0.5, 0.6) is 0 Å². The molecule has 9 heteroatoms. The summed E-state index contributed by atoms with van der Waals surface area (Å²) >= 11 is 0. The molecule has 0 bridgehead atoms. The van der Waals surface area contributed by atoms with Crippen molar-refractivity contribution in [3.8, 4) is 0 Å². The molecule has 0 aliphatic carbocycles. The molecule has 0 unspecified atom stereocenters. The van der Waals surface area contributed by atoms with E-state index >= 15 is 0 Å². The van der Waals surface area contributed by atoms with Crippen LogP contribution in [0, 0.1) is 10.1 Å². The van der Waals surface area contributed by atoms with Crippen molar-refractivity contribution in [2.45, 2.75) is 24.7 Å². The molecule has 112 valence electrons. The summed E-state index contributed by atoms with van der Waals surface area (Å²) in [6.45, 7) is 2.25. The molecule has 0 fully saturated rings. The minimum atomic E-state index is -3.89. The second kappa shape index (κ2) is 6.64. The number of hydrogen-bond donors (Lipinski definition) is 2. The highest BCUT2D eigenvalue weighted by molar-refractivity contribution is 7.89. The number of benzene rings is 1. The Morgan fingerprint density at radius 1 is 1.45 bits per heavy atom. The molecule has 8 nitrogen and oxygen atoms in total. The van der Waals surface area contributed by atoms with Crippen molar-refractivity contribution in [3.05, 3.63) is 28.3 Å². The van der Waals surface area contributed by atoms with E-state index < -0.39 is 20.6 Å². The van der Waals surface area contributed by atoms with Crippen LogP contribution in [0.4, 0.5) is 11.4 Å². The molecule has 1 rings (SSSR count). The van der Waals surface area contributed by atoms with Crippen LogP contribution in [-0.4, -0.2) is 31.2 Å². The fourth-order valence-electron chi connectivity index (χ4n) is 1.64. The Kier molecular flexibility index (Phi) is 5.43. The van der Waals surface area contributed by atoms with Crippen LogP contribution in [0.1, 0.15) is 19.8 Å². The molecule has 0 radical (unpaired) electrons. The monoisotopic (exact) mass is 302 g/mol. The van der Waals surface area contributed by atoms with E-state index in [0.29, 0.717) is 13.0 Å². The van der Waals surface area contributed by atoms with Crippen molar-refractivity contribution < 1.29 is 13.3 Å². The molecule has 20 heavy (non-hydrogen) atoms. The second-order valence-corrected chi connectivity index (χ2v) is 6.28. The van der Waals surface area contributed by atoms with Gasteiger partial charge in [0, 0.05) is 19.7 Å². The summed E-state index contributed by atoms with van der Waals surface area (Å²) in [5.41, 5.74) is 2.03. The molecule has 0 aliphatic heterocycles. The van der Waals surface area contributed by atoms with Gasteiger partial charge in [0.2, 0.25) is 10.0 Å². The maximum atomic E-state index is 12.3. The van der Waals surface area contributed by atoms with Gasteiger partial charge in [-0.3, -0.25) is 16.0 Å². The average molecular weight is 302 g/mol. The van der Waals surface area contributed by atoms with Crippen molar-refractivity contribution in [1.29, 1.82) is 0 Å². The number of anilines is 1. The molecule has 0 amide bonds. The number of unbranched alkanes of at least 4 members (excludes halogenated alkanes) is 1. The zero-order valence-electron chi connectivity index (χ0n) is 11.4. The lowest BCUT2D eigenvalue weighted by atomic mass is 10.3. The Morgan fingerprint density at radius 3 is 2.60 bits per heavy atom. The highest BCUT2D eigenvalue weighted by Crippen LogP contribution is 2.28. The average Bonchev–Trinajstić information content (AvgIpc) is 2.43. The lowest BCUT2D eigenvalue weighted by Gasteiger charge is -2.17. The summed E-state index contributed by atoms with van der Waals surface area (Å²) in [5, 5.41) is 11.0. The third kappa shape index (κ3) is 3.44. The zero-order valence-corrected chi connectivity index (χ0v) is 12.2. The number of hydrogen-bond acceptors (Lipinski definition) is 6. The molecule has 1 aromatic carbocycles. The van der Waals surface area contributed by atoms with E-state index in [0.717, 1.165) is 16.8 Å². The number of sulfonamides is 1. The summed E-state index contributed by atoms with van der Waals surface area (Å²) < 4.78 is 25.8. The van der Waals surface area contributed by atoms with E-state index in [4.69, 9.17) is 5.84 Å². The first-order chi connectivity index (χ1) is 9.34. The summed E-state index contributed by atoms with van der Waals surface area (Å²) in [6, 6.07) is 3.67. The predicted octanol–water partition coefficient (Wildman–Crippen LogP) is 1.30.